The molecular weight excluding hydrogens is 499 g/mol. The summed E-state index contributed by atoms with van der Waals surface area (Å²) in [5.41, 5.74) is 11.9. The van der Waals surface area contributed by atoms with Gasteiger partial charge in [0.05, 0.1) is 23.3 Å². The van der Waals surface area contributed by atoms with E-state index >= 15 is 4.39 Å². The number of pyridine rings is 1. The van der Waals surface area contributed by atoms with Gasteiger partial charge in [-0.15, -0.1) is 0 Å². The number of carboxylic acids is 2. The first kappa shape index (κ1) is 27.3. The van der Waals surface area contributed by atoms with Crippen LogP contribution in [0, 0.1) is 5.82 Å². The molecule has 2 aromatic rings. The molecule has 3 heterocycles. The van der Waals surface area contributed by atoms with Crippen LogP contribution in [0.4, 0.5) is 10.1 Å². The van der Waals surface area contributed by atoms with Crippen molar-refractivity contribution >= 4 is 34.5 Å². The van der Waals surface area contributed by atoms with Gasteiger partial charge in [-0.25, -0.2) is 9.18 Å². The van der Waals surface area contributed by atoms with Gasteiger partial charge in [0.1, 0.15) is 17.4 Å². The number of nitrogens with zero attached hydrogens (tertiary/aromatic N) is 3. The van der Waals surface area contributed by atoms with Crippen molar-refractivity contribution in [2.45, 2.75) is 63.3 Å². The fourth-order valence-corrected chi connectivity index (χ4v) is 5.28. The summed E-state index contributed by atoms with van der Waals surface area (Å²) in [5.74, 6) is -2.99. The van der Waals surface area contributed by atoms with Gasteiger partial charge in [-0.2, -0.15) is 0 Å². The lowest BCUT2D eigenvalue weighted by atomic mass is 9.92. The largest absolute Gasteiger partial charge is 0.480 e. The highest BCUT2D eigenvalue weighted by atomic mass is 19.1. The van der Waals surface area contributed by atoms with E-state index in [-0.39, 0.29) is 36.9 Å². The number of aryl methyl sites for hydroxylation is 1. The molecule has 4 rings (SSSR count). The van der Waals surface area contributed by atoms with Crippen LogP contribution in [0.3, 0.4) is 0 Å². The van der Waals surface area contributed by atoms with Crippen LogP contribution in [0.25, 0.3) is 10.9 Å². The number of nitrogens with two attached hydrogens (primary N) is 2. The zero-order valence-corrected chi connectivity index (χ0v) is 21.1. The second-order valence-corrected chi connectivity index (χ2v) is 9.96. The number of guanidine groups is 1. The molecule has 1 fully saturated rings. The van der Waals surface area contributed by atoms with E-state index in [1.54, 1.807) is 4.57 Å². The maximum atomic E-state index is 15.6. The average Bonchev–Trinajstić information content (AvgIpc) is 2.86. The van der Waals surface area contributed by atoms with Crippen molar-refractivity contribution in [1.82, 2.24) is 9.88 Å². The molecule has 8 N–H and O–H groups in total. The summed E-state index contributed by atoms with van der Waals surface area (Å²) >= 11 is 0. The van der Waals surface area contributed by atoms with Crippen molar-refractivity contribution in [3.8, 4) is 0 Å². The minimum atomic E-state index is -1.35. The fraction of sp³-hybridized carbons (Fsp3) is 0.520. The number of aromatic carboxylic acids is 1. The summed E-state index contributed by atoms with van der Waals surface area (Å²) in [7, 11) is 0. The Labute approximate surface area is 217 Å². The standard InChI is InChI=1S/C25H33FN6O6/c1-12-4-5-13-20-14(22(34)15(23(35)36)10-32(12)20)9-16(26)21(13)31-8-6-19(33)18(11-31)30-25(28)29-7-2-3-17(27)24(37)38/h9-10,12,17-19,33H,2-8,11,27H2,1H3,(H,35,36)(H,37,38)(H3,28,29,30)/t12-,17-,18?,19?/m0/s1. The molecule has 13 heteroatoms. The predicted octanol–water partition coefficient (Wildman–Crippen LogP) is 0.382. The molecule has 2 aliphatic heterocycles. The summed E-state index contributed by atoms with van der Waals surface area (Å²) in [4.78, 5) is 41.3. The van der Waals surface area contributed by atoms with Crippen LogP contribution in [0.15, 0.2) is 22.1 Å². The Morgan fingerprint density at radius 2 is 2.05 bits per heavy atom. The molecule has 1 aromatic heterocycles. The lowest BCUT2D eigenvalue weighted by Gasteiger charge is -2.40. The number of aliphatic hydroxyl groups is 1. The molecule has 0 radical (unpaired) electrons. The number of aliphatic imine (C=N–C) groups is 1. The molecule has 4 atom stereocenters. The number of piperidine rings is 1. The Hall–Kier alpha value is -3.71. The van der Waals surface area contributed by atoms with Crippen molar-refractivity contribution < 1.29 is 29.3 Å². The lowest BCUT2D eigenvalue weighted by molar-refractivity contribution is -0.138. The smallest absolute Gasteiger partial charge is 0.341 e. The van der Waals surface area contributed by atoms with E-state index in [1.807, 2.05) is 11.8 Å². The fourth-order valence-electron chi connectivity index (χ4n) is 5.28. The second kappa shape index (κ2) is 11.0. The van der Waals surface area contributed by atoms with Crippen LogP contribution in [0.5, 0.6) is 0 Å². The summed E-state index contributed by atoms with van der Waals surface area (Å²) < 4.78 is 17.4. The zero-order chi connectivity index (χ0) is 27.7. The first-order valence-electron chi connectivity index (χ1n) is 12.6. The molecule has 0 saturated carbocycles. The highest BCUT2D eigenvalue weighted by Gasteiger charge is 2.33. The Morgan fingerprint density at radius 1 is 1.32 bits per heavy atom. The van der Waals surface area contributed by atoms with Gasteiger partial charge in [0, 0.05) is 42.8 Å². The van der Waals surface area contributed by atoms with Gasteiger partial charge in [-0.3, -0.25) is 14.6 Å². The number of hydrogen-bond donors (Lipinski definition) is 6. The topological polar surface area (TPSA) is 196 Å². The Kier molecular flexibility index (Phi) is 7.88. The molecule has 0 bridgehead atoms. The van der Waals surface area contributed by atoms with Gasteiger partial charge >= 0.3 is 11.9 Å². The molecule has 2 unspecified atom stereocenters. The number of nitrogens with one attached hydrogen (secondary N) is 1. The molecule has 12 nitrogen and oxygen atoms in total. The van der Waals surface area contributed by atoms with Crippen LogP contribution in [0.1, 0.15) is 54.6 Å². The monoisotopic (exact) mass is 532 g/mol. The molecule has 0 aliphatic carbocycles. The quantitative estimate of drug-likeness (QED) is 0.157. The summed E-state index contributed by atoms with van der Waals surface area (Å²) in [6.45, 7) is 2.76. The third-order valence-electron chi connectivity index (χ3n) is 7.36. The SMILES string of the molecule is C[C@H]1CCc2c(N3CCC(O)C(NC(N)=NCCC[C@H](N)C(=O)O)C3)c(F)cc3c(=O)c(C(=O)O)cn1c23. The molecule has 206 valence electrons. The molecule has 2 aliphatic rings. The molecular formula is C25H33FN6O6. The van der Waals surface area contributed by atoms with E-state index in [0.29, 0.717) is 49.0 Å². The number of aliphatic carboxylic acids is 1. The Balaban J connectivity index is 1.60. The normalized spacial score (nSPS) is 22.4. The van der Waals surface area contributed by atoms with E-state index in [4.69, 9.17) is 16.6 Å². The number of halogens is 1. The number of rotatable bonds is 8. The van der Waals surface area contributed by atoms with Gasteiger partial charge in [-0.05, 0) is 45.1 Å². The summed E-state index contributed by atoms with van der Waals surface area (Å²) in [6.07, 6.45) is 2.72. The van der Waals surface area contributed by atoms with Crippen LogP contribution >= 0.6 is 0 Å². The summed E-state index contributed by atoms with van der Waals surface area (Å²) in [5, 5.41) is 32.0. The number of hydrogen-bond acceptors (Lipinski definition) is 7. The van der Waals surface area contributed by atoms with Crippen molar-refractivity contribution in [3.63, 3.8) is 0 Å². The van der Waals surface area contributed by atoms with Crippen LogP contribution in [-0.4, -0.2) is 75.6 Å². The number of benzene rings is 1. The maximum absolute atomic E-state index is 15.6. The molecule has 38 heavy (non-hydrogen) atoms. The maximum Gasteiger partial charge on any atom is 0.341 e. The van der Waals surface area contributed by atoms with E-state index in [1.165, 1.54) is 6.20 Å². The van der Waals surface area contributed by atoms with Crippen molar-refractivity contribution in [2.24, 2.45) is 16.5 Å². The number of carbonyl (C=O) groups is 2. The Bertz CT molecular complexity index is 1340. The van der Waals surface area contributed by atoms with E-state index in [9.17, 15) is 24.6 Å². The van der Waals surface area contributed by atoms with E-state index < -0.39 is 46.9 Å². The summed E-state index contributed by atoms with van der Waals surface area (Å²) in [6, 6.07) is -0.486. The molecule has 1 aromatic carbocycles. The van der Waals surface area contributed by atoms with Crippen molar-refractivity contribution in [3.05, 3.63) is 39.4 Å². The first-order valence-corrected chi connectivity index (χ1v) is 12.6. The number of carboxylic acid groups (broad SMARTS) is 2. The predicted molar refractivity (Wildman–Crippen MR) is 139 cm³/mol. The molecule has 1 saturated heterocycles. The van der Waals surface area contributed by atoms with Gasteiger partial charge in [0.2, 0.25) is 5.43 Å². The highest BCUT2D eigenvalue weighted by Crippen LogP contribution is 2.38. The first-order chi connectivity index (χ1) is 18.0. The van der Waals surface area contributed by atoms with Gasteiger partial charge in [0.15, 0.2) is 5.96 Å². The highest BCUT2D eigenvalue weighted by molar-refractivity contribution is 5.95. The second-order valence-electron chi connectivity index (χ2n) is 9.96. The molecule has 0 amide bonds. The minimum Gasteiger partial charge on any atom is -0.480 e. The number of aromatic nitrogens is 1. The van der Waals surface area contributed by atoms with Gasteiger partial charge in [-0.1, -0.05) is 0 Å². The number of anilines is 1. The Morgan fingerprint density at radius 3 is 2.74 bits per heavy atom. The van der Waals surface area contributed by atoms with E-state index in [2.05, 4.69) is 10.3 Å². The third kappa shape index (κ3) is 5.29. The van der Waals surface area contributed by atoms with Crippen molar-refractivity contribution in [2.75, 3.05) is 24.5 Å². The van der Waals surface area contributed by atoms with Gasteiger partial charge in [0.25, 0.3) is 0 Å². The molecule has 0 spiro atoms. The lowest BCUT2D eigenvalue weighted by Crippen LogP contribution is -2.57. The zero-order valence-electron chi connectivity index (χ0n) is 21.1. The van der Waals surface area contributed by atoms with Gasteiger partial charge < -0.3 is 41.6 Å². The van der Waals surface area contributed by atoms with E-state index in [0.717, 1.165) is 6.07 Å². The number of aliphatic hydroxyl groups excluding tert-OH is 1. The van der Waals surface area contributed by atoms with Crippen molar-refractivity contribution in [1.29, 1.82) is 0 Å². The third-order valence-corrected chi connectivity index (χ3v) is 7.36. The minimum absolute atomic E-state index is 0.0402. The van der Waals surface area contributed by atoms with Crippen LogP contribution in [0.2, 0.25) is 0 Å². The average molecular weight is 533 g/mol. The van der Waals surface area contributed by atoms with Crippen LogP contribution in [-0.2, 0) is 11.2 Å². The van der Waals surface area contributed by atoms with Crippen LogP contribution < -0.4 is 27.1 Å².